The van der Waals surface area contributed by atoms with Gasteiger partial charge < -0.3 is 4.74 Å². The van der Waals surface area contributed by atoms with Gasteiger partial charge in [-0.25, -0.2) is 4.79 Å². The molecule has 21 heavy (non-hydrogen) atoms. The molecule has 0 radical (unpaired) electrons. The molecule has 1 heterocycles. The van der Waals surface area contributed by atoms with Gasteiger partial charge in [-0.05, 0) is 18.2 Å². The van der Waals surface area contributed by atoms with Gasteiger partial charge in [-0.3, -0.25) is 4.79 Å². The summed E-state index contributed by atoms with van der Waals surface area (Å²) in [5, 5.41) is 1.23. The molecule has 0 bridgehead atoms. The summed E-state index contributed by atoms with van der Waals surface area (Å²) in [7, 11) is 0. The van der Waals surface area contributed by atoms with Crippen LogP contribution in [-0.4, -0.2) is 12.3 Å². The van der Waals surface area contributed by atoms with Crippen LogP contribution in [0.4, 0.5) is 0 Å². The van der Waals surface area contributed by atoms with Crippen LogP contribution in [0.5, 0.6) is 5.75 Å². The fourth-order valence-corrected chi connectivity index (χ4v) is 3.33. The van der Waals surface area contributed by atoms with Crippen molar-refractivity contribution in [3.63, 3.8) is 0 Å². The maximum atomic E-state index is 12.2. The van der Waals surface area contributed by atoms with Gasteiger partial charge in [-0.1, -0.05) is 41.9 Å². The molecule has 1 aromatic heterocycles. The van der Waals surface area contributed by atoms with Crippen molar-refractivity contribution >= 4 is 45.3 Å². The van der Waals surface area contributed by atoms with Gasteiger partial charge in [-0.2, -0.15) is 0 Å². The zero-order valence-corrected chi connectivity index (χ0v) is 12.3. The van der Waals surface area contributed by atoms with Crippen LogP contribution in [0.25, 0.3) is 10.1 Å². The zero-order chi connectivity index (χ0) is 14.8. The van der Waals surface area contributed by atoms with E-state index in [4.69, 9.17) is 16.3 Å². The Bertz CT molecular complexity index is 838. The predicted molar refractivity (Wildman–Crippen MR) is 83.6 cm³/mol. The van der Waals surface area contributed by atoms with Gasteiger partial charge in [0.2, 0.25) is 0 Å². The SMILES string of the molecule is O=Cc1cccc(OC(=O)c2sc3ccccc3c2Cl)c1. The molecule has 104 valence electrons. The third-order valence-electron chi connectivity index (χ3n) is 2.93. The Hall–Kier alpha value is -2.17. The molecule has 0 saturated heterocycles. The second-order valence-electron chi connectivity index (χ2n) is 4.32. The number of halogens is 1. The highest BCUT2D eigenvalue weighted by Crippen LogP contribution is 2.35. The molecule has 5 heteroatoms. The van der Waals surface area contributed by atoms with Crippen molar-refractivity contribution in [2.75, 3.05) is 0 Å². The summed E-state index contributed by atoms with van der Waals surface area (Å²) < 4.78 is 6.21. The average molecular weight is 317 g/mol. The Morgan fingerprint density at radius 1 is 1.14 bits per heavy atom. The first-order valence-corrected chi connectivity index (χ1v) is 7.33. The van der Waals surface area contributed by atoms with Gasteiger partial charge in [-0.15, -0.1) is 11.3 Å². The van der Waals surface area contributed by atoms with E-state index in [1.807, 2.05) is 24.3 Å². The van der Waals surface area contributed by atoms with Gasteiger partial charge in [0.1, 0.15) is 16.9 Å². The van der Waals surface area contributed by atoms with E-state index in [-0.39, 0.29) is 0 Å². The van der Waals surface area contributed by atoms with Crippen LogP contribution in [0, 0.1) is 0 Å². The minimum atomic E-state index is -0.524. The van der Waals surface area contributed by atoms with Crippen molar-refractivity contribution in [1.82, 2.24) is 0 Å². The summed E-state index contributed by atoms with van der Waals surface area (Å²) in [6.07, 6.45) is 0.698. The molecule has 3 rings (SSSR count). The lowest BCUT2D eigenvalue weighted by atomic mass is 10.2. The summed E-state index contributed by atoms with van der Waals surface area (Å²) in [5.74, 6) is -0.206. The third kappa shape index (κ3) is 2.68. The summed E-state index contributed by atoms with van der Waals surface area (Å²) in [6, 6.07) is 13.9. The summed E-state index contributed by atoms with van der Waals surface area (Å²) in [4.78, 5) is 23.3. The second-order valence-corrected chi connectivity index (χ2v) is 5.75. The smallest absolute Gasteiger partial charge is 0.355 e. The molecule has 0 aliphatic rings. The van der Waals surface area contributed by atoms with E-state index in [1.54, 1.807) is 18.2 Å². The van der Waals surface area contributed by atoms with E-state index in [2.05, 4.69) is 0 Å². The minimum Gasteiger partial charge on any atom is -0.422 e. The van der Waals surface area contributed by atoms with E-state index in [9.17, 15) is 9.59 Å². The number of hydrogen-bond acceptors (Lipinski definition) is 4. The number of ether oxygens (including phenoxy) is 1. The van der Waals surface area contributed by atoms with Crippen molar-refractivity contribution in [1.29, 1.82) is 0 Å². The molecule has 0 N–H and O–H groups in total. The zero-order valence-electron chi connectivity index (χ0n) is 10.7. The minimum absolute atomic E-state index is 0.318. The molecule has 0 unspecified atom stereocenters. The first-order chi connectivity index (χ1) is 10.2. The van der Waals surface area contributed by atoms with Gasteiger partial charge in [0.15, 0.2) is 0 Å². The summed E-state index contributed by atoms with van der Waals surface area (Å²) in [6.45, 7) is 0. The Kier molecular flexibility index (Phi) is 3.73. The molecule has 0 fully saturated rings. The van der Waals surface area contributed by atoms with Gasteiger partial charge in [0, 0.05) is 15.6 Å². The molecule has 0 saturated carbocycles. The van der Waals surface area contributed by atoms with Crippen LogP contribution in [0.15, 0.2) is 48.5 Å². The molecule has 0 spiro atoms. The van der Waals surface area contributed by atoms with Gasteiger partial charge in [0.05, 0.1) is 5.02 Å². The van der Waals surface area contributed by atoms with Crippen LogP contribution >= 0.6 is 22.9 Å². The Balaban J connectivity index is 1.93. The largest absolute Gasteiger partial charge is 0.422 e. The van der Waals surface area contributed by atoms with Crippen molar-refractivity contribution in [2.24, 2.45) is 0 Å². The number of rotatable bonds is 3. The normalized spacial score (nSPS) is 10.5. The van der Waals surface area contributed by atoms with Crippen LogP contribution in [0.1, 0.15) is 20.0 Å². The van der Waals surface area contributed by atoms with E-state index < -0.39 is 5.97 Å². The molecular formula is C16H9ClO3S. The predicted octanol–water partition coefficient (Wildman–Crippen LogP) is 4.59. The molecular weight excluding hydrogens is 308 g/mol. The van der Waals surface area contributed by atoms with Crippen molar-refractivity contribution in [2.45, 2.75) is 0 Å². The highest BCUT2D eigenvalue weighted by molar-refractivity contribution is 7.21. The number of fused-ring (bicyclic) bond motifs is 1. The quantitative estimate of drug-likeness (QED) is 0.403. The fraction of sp³-hybridized carbons (Fsp3) is 0. The fourth-order valence-electron chi connectivity index (χ4n) is 1.95. The molecule has 0 aliphatic heterocycles. The molecule has 3 aromatic rings. The number of carbonyl (C=O) groups is 2. The summed E-state index contributed by atoms with van der Waals surface area (Å²) >= 11 is 7.52. The number of esters is 1. The number of carbonyl (C=O) groups excluding carboxylic acids is 2. The average Bonchev–Trinajstić information content (AvgIpc) is 2.85. The molecule has 3 nitrogen and oxygen atoms in total. The first kappa shape index (κ1) is 13.8. The number of hydrogen-bond donors (Lipinski definition) is 0. The number of benzene rings is 2. The number of aldehydes is 1. The Morgan fingerprint density at radius 3 is 2.71 bits per heavy atom. The van der Waals surface area contributed by atoms with Crippen LogP contribution in [-0.2, 0) is 0 Å². The summed E-state index contributed by atoms with van der Waals surface area (Å²) in [5.41, 5.74) is 0.447. The lowest BCUT2D eigenvalue weighted by Gasteiger charge is -2.03. The maximum Gasteiger partial charge on any atom is 0.355 e. The van der Waals surface area contributed by atoms with E-state index >= 15 is 0 Å². The Morgan fingerprint density at radius 2 is 1.95 bits per heavy atom. The standard InChI is InChI=1S/C16H9ClO3S/c17-14-12-6-1-2-7-13(12)21-15(14)16(19)20-11-5-3-4-10(8-11)9-18/h1-9H. The van der Waals surface area contributed by atoms with Crippen LogP contribution < -0.4 is 4.74 Å². The molecule has 0 atom stereocenters. The Labute approximate surface area is 129 Å². The van der Waals surface area contributed by atoms with Gasteiger partial charge in [0.25, 0.3) is 0 Å². The van der Waals surface area contributed by atoms with E-state index in [0.29, 0.717) is 27.5 Å². The molecule has 2 aromatic carbocycles. The highest BCUT2D eigenvalue weighted by atomic mass is 35.5. The van der Waals surface area contributed by atoms with Crippen LogP contribution in [0.2, 0.25) is 5.02 Å². The number of thiophene rings is 1. The van der Waals surface area contributed by atoms with Crippen molar-refractivity contribution in [3.05, 3.63) is 64.0 Å². The van der Waals surface area contributed by atoms with Crippen LogP contribution in [0.3, 0.4) is 0 Å². The van der Waals surface area contributed by atoms with Gasteiger partial charge >= 0.3 is 5.97 Å². The second kappa shape index (κ2) is 5.68. The van der Waals surface area contributed by atoms with Crippen molar-refractivity contribution < 1.29 is 14.3 Å². The monoisotopic (exact) mass is 316 g/mol. The van der Waals surface area contributed by atoms with E-state index in [1.165, 1.54) is 17.4 Å². The maximum absolute atomic E-state index is 12.2. The third-order valence-corrected chi connectivity index (χ3v) is 4.58. The van der Waals surface area contributed by atoms with Crippen molar-refractivity contribution in [3.8, 4) is 5.75 Å². The lowest BCUT2D eigenvalue weighted by molar-refractivity contribution is 0.0739. The molecule has 0 amide bonds. The first-order valence-electron chi connectivity index (χ1n) is 6.13. The molecule has 0 aliphatic carbocycles. The lowest BCUT2D eigenvalue weighted by Crippen LogP contribution is -2.07. The topological polar surface area (TPSA) is 43.4 Å². The van der Waals surface area contributed by atoms with E-state index in [0.717, 1.165) is 10.1 Å². The highest BCUT2D eigenvalue weighted by Gasteiger charge is 2.18.